The first-order valence-corrected chi connectivity index (χ1v) is 4.72. The van der Waals surface area contributed by atoms with E-state index in [0.29, 0.717) is 5.56 Å². The van der Waals surface area contributed by atoms with Crippen LogP contribution in [0.4, 0.5) is 0 Å². The van der Waals surface area contributed by atoms with E-state index in [-0.39, 0.29) is 12.2 Å². The SMILES string of the molecule is COC(=O)CC(=O)c1cc(C)ccc1C. The molecular formula is C12H14O3. The minimum Gasteiger partial charge on any atom is -0.469 e. The Balaban J connectivity index is 2.91. The van der Waals surface area contributed by atoms with Crippen molar-refractivity contribution in [1.82, 2.24) is 0 Å². The van der Waals surface area contributed by atoms with Crippen molar-refractivity contribution in [2.24, 2.45) is 0 Å². The topological polar surface area (TPSA) is 43.4 Å². The van der Waals surface area contributed by atoms with Crippen molar-refractivity contribution >= 4 is 11.8 Å². The molecule has 0 unspecified atom stereocenters. The number of ketones is 1. The monoisotopic (exact) mass is 206 g/mol. The minimum atomic E-state index is -0.499. The van der Waals surface area contributed by atoms with Gasteiger partial charge in [-0.3, -0.25) is 9.59 Å². The van der Waals surface area contributed by atoms with Crippen molar-refractivity contribution in [3.8, 4) is 0 Å². The van der Waals surface area contributed by atoms with Crippen LogP contribution < -0.4 is 0 Å². The van der Waals surface area contributed by atoms with E-state index >= 15 is 0 Å². The van der Waals surface area contributed by atoms with Gasteiger partial charge in [-0.1, -0.05) is 17.7 Å². The lowest BCUT2D eigenvalue weighted by Crippen LogP contribution is -2.10. The molecule has 1 aromatic rings. The van der Waals surface area contributed by atoms with E-state index in [4.69, 9.17) is 0 Å². The summed E-state index contributed by atoms with van der Waals surface area (Å²) in [6.07, 6.45) is -0.194. The molecule has 15 heavy (non-hydrogen) atoms. The van der Waals surface area contributed by atoms with Crippen molar-refractivity contribution in [3.63, 3.8) is 0 Å². The molecule has 0 bridgehead atoms. The van der Waals surface area contributed by atoms with Gasteiger partial charge in [-0.15, -0.1) is 0 Å². The number of esters is 1. The number of ether oxygens (including phenoxy) is 1. The smallest absolute Gasteiger partial charge is 0.313 e. The summed E-state index contributed by atoms with van der Waals surface area (Å²) in [5.41, 5.74) is 2.49. The highest BCUT2D eigenvalue weighted by Crippen LogP contribution is 2.13. The van der Waals surface area contributed by atoms with Crippen molar-refractivity contribution in [2.45, 2.75) is 20.3 Å². The van der Waals surface area contributed by atoms with Gasteiger partial charge >= 0.3 is 5.97 Å². The zero-order valence-electron chi connectivity index (χ0n) is 9.16. The fourth-order valence-electron chi connectivity index (χ4n) is 1.33. The van der Waals surface area contributed by atoms with Gasteiger partial charge in [0.15, 0.2) is 5.78 Å². The summed E-state index contributed by atoms with van der Waals surface area (Å²) in [6, 6.07) is 5.60. The lowest BCUT2D eigenvalue weighted by Gasteiger charge is -2.05. The Morgan fingerprint density at radius 2 is 1.93 bits per heavy atom. The van der Waals surface area contributed by atoms with Crippen LogP contribution in [0.25, 0.3) is 0 Å². The Labute approximate surface area is 89.1 Å². The van der Waals surface area contributed by atoms with Crippen LogP contribution in [0.1, 0.15) is 27.9 Å². The zero-order chi connectivity index (χ0) is 11.4. The van der Waals surface area contributed by atoms with E-state index in [1.165, 1.54) is 7.11 Å². The molecule has 0 spiro atoms. The molecule has 0 aliphatic rings. The first-order valence-electron chi connectivity index (χ1n) is 4.72. The maximum atomic E-state index is 11.7. The molecule has 3 heteroatoms. The van der Waals surface area contributed by atoms with Gasteiger partial charge in [-0.25, -0.2) is 0 Å². The number of aryl methyl sites for hydroxylation is 2. The number of benzene rings is 1. The summed E-state index contributed by atoms with van der Waals surface area (Å²) in [5, 5.41) is 0. The number of Topliss-reactive ketones (excluding diaryl/α,β-unsaturated/α-hetero) is 1. The molecule has 1 rings (SSSR count). The number of carbonyl (C=O) groups excluding carboxylic acids is 2. The average molecular weight is 206 g/mol. The van der Waals surface area contributed by atoms with Crippen molar-refractivity contribution in [2.75, 3.05) is 7.11 Å². The predicted molar refractivity (Wildman–Crippen MR) is 56.9 cm³/mol. The Hall–Kier alpha value is -1.64. The molecule has 0 aliphatic heterocycles. The molecule has 0 saturated carbocycles. The normalized spacial score (nSPS) is 9.80. The second-order valence-corrected chi connectivity index (χ2v) is 3.49. The van der Waals surface area contributed by atoms with E-state index in [1.807, 2.05) is 26.0 Å². The highest BCUT2D eigenvalue weighted by molar-refractivity contribution is 6.06. The molecule has 3 nitrogen and oxygen atoms in total. The van der Waals surface area contributed by atoms with Crippen LogP contribution in [-0.2, 0) is 9.53 Å². The van der Waals surface area contributed by atoms with Crippen molar-refractivity contribution < 1.29 is 14.3 Å². The maximum Gasteiger partial charge on any atom is 0.313 e. The Bertz CT molecular complexity index is 394. The number of rotatable bonds is 3. The predicted octanol–water partition coefficient (Wildman–Crippen LogP) is 2.05. The standard InChI is InChI=1S/C12H14O3/c1-8-4-5-9(2)10(6-8)11(13)7-12(14)15-3/h4-6H,7H2,1-3H3. The van der Waals surface area contributed by atoms with Crippen LogP contribution >= 0.6 is 0 Å². The third-order valence-electron chi connectivity index (χ3n) is 2.23. The van der Waals surface area contributed by atoms with Gasteiger partial charge in [0.25, 0.3) is 0 Å². The first-order chi connectivity index (χ1) is 7.04. The number of carbonyl (C=O) groups is 2. The molecule has 0 fully saturated rings. The summed E-state index contributed by atoms with van der Waals surface area (Å²) >= 11 is 0. The second kappa shape index (κ2) is 4.73. The molecular weight excluding hydrogens is 192 g/mol. The lowest BCUT2D eigenvalue weighted by atomic mass is 10.0. The van der Waals surface area contributed by atoms with Crippen LogP contribution in [0.15, 0.2) is 18.2 Å². The summed E-state index contributed by atoms with van der Waals surface area (Å²) < 4.78 is 4.45. The lowest BCUT2D eigenvalue weighted by molar-refractivity contribution is -0.139. The first kappa shape index (κ1) is 11.4. The number of methoxy groups -OCH3 is 1. The highest BCUT2D eigenvalue weighted by atomic mass is 16.5. The van der Waals surface area contributed by atoms with E-state index < -0.39 is 5.97 Å². The van der Waals surface area contributed by atoms with Gasteiger partial charge < -0.3 is 4.74 Å². The molecule has 0 saturated heterocycles. The third kappa shape index (κ3) is 2.91. The van der Waals surface area contributed by atoms with Gasteiger partial charge in [-0.05, 0) is 25.5 Å². The molecule has 0 amide bonds. The molecule has 0 aliphatic carbocycles. The summed E-state index contributed by atoms with van der Waals surface area (Å²) in [4.78, 5) is 22.6. The third-order valence-corrected chi connectivity index (χ3v) is 2.23. The molecule has 0 atom stereocenters. The van der Waals surface area contributed by atoms with Gasteiger partial charge in [0, 0.05) is 5.56 Å². The molecule has 1 aromatic carbocycles. The summed E-state index contributed by atoms with van der Waals surface area (Å²) in [5.74, 6) is -0.691. The van der Waals surface area contributed by atoms with Crippen LogP contribution in [0.3, 0.4) is 0 Å². The van der Waals surface area contributed by atoms with Gasteiger partial charge in [-0.2, -0.15) is 0 Å². The van der Waals surface area contributed by atoms with Crippen LogP contribution in [0, 0.1) is 13.8 Å². The number of hydrogen-bond acceptors (Lipinski definition) is 3. The molecule has 0 heterocycles. The van der Waals surface area contributed by atoms with Crippen molar-refractivity contribution in [1.29, 1.82) is 0 Å². The molecule has 0 aromatic heterocycles. The quantitative estimate of drug-likeness (QED) is 0.432. The van der Waals surface area contributed by atoms with Gasteiger partial charge in [0.1, 0.15) is 6.42 Å². The van der Waals surface area contributed by atoms with Gasteiger partial charge in [0.05, 0.1) is 7.11 Å². The van der Waals surface area contributed by atoms with Gasteiger partial charge in [0.2, 0.25) is 0 Å². The Morgan fingerprint density at radius 1 is 1.27 bits per heavy atom. The van der Waals surface area contributed by atoms with Crippen molar-refractivity contribution in [3.05, 3.63) is 34.9 Å². The maximum absolute atomic E-state index is 11.7. The molecule has 0 N–H and O–H groups in total. The van der Waals surface area contributed by atoms with Crippen LogP contribution in [0.5, 0.6) is 0 Å². The summed E-state index contributed by atoms with van der Waals surface area (Å²) in [6.45, 7) is 3.76. The highest BCUT2D eigenvalue weighted by Gasteiger charge is 2.13. The second-order valence-electron chi connectivity index (χ2n) is 3.49. The molecule has 80 valence electrons. The average Bonchev–Trinajstić information content (AvgIpc) is 2.21. The fraction of sp³-hybridized carbons (Fsp3) is 0.333. The van der Waals surface area contributed by atoms with Crippen LogP contribution in [-0.4, -0.2) is 18.9 Å². The Morgan fingerprint density at radius 3 is 2.53 bits per heavy atom. The molecule has 0 radical (unpaired) electrons. The fourth-order valence-corrected chi connectivity index (χ4v) is 1.33. The summed E-state index contributed by atoms with van der Waals surface area (Å²) in [7, 11) is 1.28. The number of hydrogen-bond donors (Lipinski definition) is 0. The largest absolute Gasteiger partial charge is 0.469 e. The zero-order valence-corrected chi connectivity index (χ0v) is 9.16. The van der Waals surface area contributed by atoms with E-state index in [0.717, 1.165) is 11.1 Å². The van der Waals surface area contributed by atoms with E-state index in [9.17, 15) is 9.59 Å². The minimum absolute atomic E-state index is 0.192. The van der Waals surface area contributed by atoms with Crippen LogP contribution in [0.2, 0.25) is 0 Å². The van der Waals surface area contributed by atoms with E-state index in [2.05, 4.69) is 4.74 Å². The van der Waals surface area contributed by atoms with E-state index in [1.54, 1.807) is 6.07 Å². The Kier molecular flexibility index (Phi) is 3.61.